The van der Waals surface area contributed by atoms with Crippen molar-refractivity contribution in [3.05, 3.63) is 65.2 Å². The molecule has 2 rings (SSSR count). The van der Waals surface area contributed by atoms with Crippen molar-refractivity contribution in [2.75, 3.05) is 12.9 Å². The first kappa shape index (κ1) is 15.6. The largest absolute Gasteiger partial charge is 0.394 e. The van der Waals surface area contributed by atoms with Crippen LogP contribution in [0.1, 0.15) is 27.5 Å². The summed E-state index contributed by atoms with van der Waals surface area (Å²) >= 11 is 1.60. The van der Waals surface area contributed by atoms with Crippen molar-refractivity contribution in [1.29, 1.82) is 0 Å². The zero-order valence-electron chi connectivity index (χ0n) is 12.2. The molecule has 1 amide bonds. The van der Waals surface area contributed by atoms with Crippen LogP contribution in [-0.2, 0) is 0 Å². The van der Waals surface area contributed by atoms with Crippen molar-refractivity contribution in [2.24, 2.45) is 0 Å². The zero-order valence-corrected chi connectivity index (χ0v) is 13.0. The summed E-state index contributed by atoms with van der Waals surface area (Å²) in [5.74, 6) is -0.161. The lowest BCUT2D eigenvalue weighted by Gasteiger charge is -2.17. The Morgan fingerprint density at radius 2 is 1.95 bits per heavy atom. The van der Waals surface area contributed by atoms with E-state index in [0.717, 1.165) is 16.0 Å². The third-order valence-corrected chi connectivity index (χ3v) is 4.10. The molecule has 0 bridgehead atoms. The highest BCUT2D eigenvalue weighted by Crippen LogP contribution is 2.20. The highest BCUT2D eigenvalue weighted by molar-refractivity contribution is 7.98. The predicted molar refractivity (Wildman–Crippen MR) is 86.7 cm³/mol. The highest BCUT2D eigenvalue weighted by atomic mass is 32.2. The Hall–Kier alpha value is -1.78. The Morgan fingerprint density at radius 3 is 2.57 bits per heavy atom. The van der Waals surface area contributed by atoms with Gasteiger partial charge in [-0.25, -0.2) is 0 Å². The number of carbonyl (C=O) groups is 1. The van der Waals surface area contributed by atoms with Crippen LogP contribution in [0.5, 0.6) is 0 Å². The average Bonchev–Trinajstić information content (AvgIpc) is 2.53. The van der Waals surface area contributed by atoms with Gasteiger partial charge >= 0.3 is 0 Å². The minimum atomic E-state index is -0.393. The Kier molecular flexibility index (Phi) is 5.42. The lowest BCUT2D eigenvalue weighted by Crippen LogP contribution is -2.31. The van der Waals surface area contributed by atoms with Gasteiger partial charge in [-0.2, -0.15) is 0 Å². The maximum absolute atomic E-state index is 12.4. The molecule has 110 valence electrons. The van der Waals surface area contributed by atoms with Gasteiger partial charge in [0.15, 0.2) is 0 Å². The molecule has 0 spiro atoms. The molecule has 1 atom stereocenters. The normalized spacial score (nSPS) is 12.0. The van der Waals surface area contributed by atoms with Crippen molar-refractivity contribution < 1.29 is 9.90 Å². The van der Waals surface area contributed by atoms with E-state index in [4.69, 9.17) is 0 Å². The van der Waals surface area contributed by atoms with Crippen LogP contribution in [0, 0.1) is 6.92 Å². The van der Waals surface area contributed by atoms with Gasteiger partial charge in [-0.1, -0.05) is 36.4 Å². The molecule has 0 saturated carbocycles. The summed E-state index contributed by atoms with van der Waals surface area (Å²) in [7, 11) is 0. The number of aliphatic hydroxyl groups is 1. The molecule has 1 unspecified atom stereocenters. The van der Waals surface area contributed by atoms with E-state index >= 15 is 0 Å². The number of benzene rings is 2. The summed E-state index contributed by atoms with van der Waals surface area (Å²) in [6, 6.07) is 14.9. The Morgan fingerprint density at radius 1 is 1.24 bits per heavy atom. The Labute approximate surface area is 129 Å². The quantitative estimate of drug-likeness (QED) is 0.834. The highest BCUT2D eigenvalue weighted by Gasteiger charge is 2.16. The summed E-state index contributed by atoms with van der Waals surface area (Å²) in [6.45, 7) is 1.78. The van der Waals surface area contributed by atoms with E-state index in [2.05, 4.69) is 5.32 Å². The van der Waals surface area contributed by atoms with Gasteiger partial charge in [0.2, 0.25) is 0 Å². The number of aryl methyl sites for hydroxylation is 1. The monoisotopic (exact) mass is 301 g/mol. The molecule has 0 aliphatic heterocycles. The maximum Gasteiger partial charge on any atom is 0.252 e. The molecule has 0 saturated heterocycles. The minimum Gasteiger partial charge on any atom is -0.394 e. The van der Waals surface area contributed by atoms with E-state index < -0.39 is 6.04 Å². The molecule has 2 N–H and O–H groups in total. The maximum atomic E-state index is 12.4. The van der Waals surface area contributed by atoms with Crippen molar-refractivity contribution in [2.45, 2.75) is 17.9 Å². The Balaban J connectivity index is 2.20. The first-order valence-electron chi connectivity index (χ1n) is 6.77. The van der Waals surface area contributed by atoms with Gasteiger partial charge in [-0.05, 0) is 36.4 Å². The minimum absolute atomic E-state index is 0.128. The second kappa shape index (κ2) is 7.29. The second-order valence-corrected chi connectivity index (χ2v) is 5.68. The van der Waals surface area contributed by atoms with E-state index in [1.54, 1.807) is 11.8 Å². The molecule has 4 heteroatoms. The van der Waals surface area contributed by atoms with Crippen LogP contribution in [0.2, 0.25) is 0 Å². The summed E-state index contributed by atoms with van der Waals surface area (Å²) in [6.07, 6.45) is 1.98. The molecule has 0 radical (unpaired) electrons. The first-order chi connectivity index (χ1) is 10.2. The average molecular weight is 301 g/mol. The lowest BCUT2D eigenvalue weighted by atomic mass is 10.1. The first-order valence-corrected chi connectivity index (χ1v) is 7.99. The molecular weight excluding hydrogens is 282 g/mol. The van der Waals surface area contributed by atoms with Gasteiger partial charge in [0.25, 0.3) is 5.91 Å². The molecule has 21 heavy (non-hydrogen) atoms. The summed E-state index contributed by atoms with van der Waals surface area (Å²) in [5.41, 5.74) is 2.47. The fourth-order valence-electron chi connectivity index (χ4n) is 2.13. The third kappa shape index (κ3) is 3.86. The number of amides is 1. The number of carbonyl (C=O) groups excluding carboxylic acids is 1. The van der Waals surface area contributed by atoms with Crippen LogP contribution >= 0.6 is 11.8 Å². The SMILES string of the molecule is CSc1ccc(C)c(C(=O)NC(CO)c2ccccc2)c1. The summed E-state index contributed by atoms with van der Waals surface area (Å²) in [5, 5.41) is 12.4. The zero-order chi connectivity index (χ0) is 15.2. The van der Waals surface area contributed by atoms with E-state index in [0.29, 0.717) is 5.56 Å². The van der Waals surface area contributed by atoms with Crippen LogP contribution in [0.3, 0.4) is 0 Å². The van der Waals surface area contributed by atoms with E-state index in [9.17, 15) is 9.90 Å². The number of hydrogen-bond donors (Lipinski definition) is 2. The van der Waals surface area contributed by atoms with Gasteiger partial charge < -0.3 is 10.4 Å². The molecule has 0 aromatic heterocycles. The lowest BCUT2D eigenvalue weighted by molar-refractivity contribution is 0.0915. The number of nitrogens with one attached hydrogen (secondary N) is 1. The van der Waals surface area contributed by atoms with Crippen molar-refractivity contribution in [1.82, 2.24) is 5.32 Å². The third-order valence-electron chi connectivity index (χ3n) is 3.38. The molecule has 3 nitrogen and oxygen atoms in total. The molecule has 2 aromatic rings. The molecule has 0 heterocycles. The topological polar surface area (TPSA) is 49.3 Å². The summed E-state index contributed by atoms with van der Waals surface area (Å²) < 4.78 is 0. The molecule has 0 aliphatic carbocycles. The number of aliphatic hydroxyl groups excluding tert-OH is 1. The van der Waals surface area contributed by atoms with E-state index in [1.807, 2.05) is 61.7 Å². The van der Waals surface area contributed by atoms with Gasteiger partial charge in [0.1, 0.15) is 0 Å². The Bertz CT molecular complexity index is 613. The van der Waals surface area contributed by atoms with Crippen LogP contribution in [-0.4, -0.2) is 23.9 Å². The van der Waals surface area contributed by atoms with E-state index in [1.165, 1.54) is 0 Å². The van der Waals surface area contributed by atoms with Gasteiger partial charge in [0.05, 0.1) is 12.6 Å². The molecule has 2 aromatic carbocycles. The van der Waals surface area contributed by atoms with Crippen molar-refractivity contribution >= 4 is 17.7 Å². The fraction of sp³-hybridized carbons (Fsp3) is 0.235. The smallest absolute Gasteiger partial charge is 0.252 e. The second-order valence-electron chi connectivity index (χ2n) is 4.80. The number of hydrogen-bond acceptors (Lipinski definition) is 3. The van der Waals surface area contributed by atoms with Crippen LogP contribution in [0.25, 0.3) is 0 Å². The molecular formula is C17H19NO2S. The van der Waals surface area contributed by atoms with Crippen molar-refractivity contribution in [3.63, 3.8) is 0 Å². The van der Waals surface area contributed by atoms with Crippen LogP contribution in [0.4, 0.5) is 0 Å². The number of rotatable bonds is 5. The van der Waals surface area contributed by atoms with Gasteiger partial charge in [-0.15, -0.1) is 11.8 Å². The van der Waals surface area contributed by atoms with E-state index in [-0.39, 0.29) is 12.5 Å². The van der Waals surface area contributed by atoms with Gasteiger partial charge in [0, 0.05) is 10.5 Å². The van der Waals surface area contributed by atoms with Crippen molar-refractivity contribution in [3.8, 4) is 0 Å². The summed E-state index contributed by atoms with van der Waals surface area (Å²) in [4.78, 5) is 13.5. The molecule has 0 aliphatic rings. The number of thioether (sulfide) groups is 1. The van der Waals surface area contributed by atoms with Crippen LogP contribution < -0.4 is 5.32 Å². The van der Waals surface area contributed by atoms with Gasteiger partial charge in [-0.3, -0.25) is 4.79 Å². The standard InChI is InChI=1S/C17H19NO2S/c1-12-8-9-14(21-2)10-15(12)17(20)18-16(11-19)13-6-4-3-5-7-13/h3-10,16,19H,11H2,1-2H3,(H,18,20). The fourth-order valence-corrected chi connectivity index (χ4v) is 2.57. The molecule has 0 fully saturated rings. The van der Waals surface area contributed by atoms with Crippen LogP contribution in [0.15, 0.2) is 53.4 Å². The predicted octanol–water partition coefficient (Wildman–Crippen LogP) is 3.18.